The summed E-state index contributed by atoms with van der Waals surface area (Å²) in [7, 11) is 1.80. The van der Waals surface area contributed by atoms with Gasteiger partial charge in [0.05, 0.1) is 17.9 Å². The van der Waals surface area contributed by atoms with Crippen LogP contribution in [-0.2, 0) is 13.6 Å². The molecule has 0 amide bonds. The fourth-order valence-electron chi connectivity index (χ4n) is 1.31. The Hall–Kier alpha value is -1.89. The first-order valence-corrected chi connectivity index (χ1v) is 5.32. The SMILES string of the molecule is Cc1nc(Cl)nc(NCc2ncn(C)n2)c1N. The van der Waals surface area contributed by atoms with E-state index in [0.29, 0.717) is 29.6 Å². The molecule has 0 radical (unpaired) electrons. The van der Waals surface area contributed by atoms with Gasteiger partial charge in [0.1, 0.15) is 6.33 Å². The number of rotatable bonds is 3. The minimum absolute atomic E-state index is 0.160. The molecule has 0 atom stereocenters. The Morgan fingerprint density at radius 1 is 1.47 bits per heavy atom. The minimum atomic E-state index is 0.160. The maximum Gasteiger partial charge on any atom is 0.224 e. The Labute approximate surface area is 103 Å². The molecule has 0 aliphatic carbocycles. The van der Waals surface area contributed by atoms with E-state index in [2.05, 4.69) is 25.4 Å². The molecule has 17 heavy (non-hydrogen) atoms. The van der Waals surface area contributed by atoms with E-state index in [4.69, 9.17) is 17.3 Å². The van der Waals surface area contributed by atoms with Crippen molar-refractivity contribution in [1.82, 2.24) is 24.7 Å². The van der Waals surface area contributed by atoms with E-state index >= 15 is 0 Å². The van der Waals surface area contributed by atoms with Crippen LogP contribution < -0.4 is 11.1 Å². The van der Waals surface area contributed by atoms with Gasteiger partial charge in [0.25, 0.3) is 0 Å². The van der Waals surface area contributed by atoms with Gasteiger partial charge >= 0.3 is 0 Å². The molecular weight excluding hydrogens is 242 g/mol. The molecule has 2 aromatic rings. The number of aromatic nitrogens is 5. The van der Waals surface area contributed by atoms with E-state index in [0.717, 1.165) is 0 Å². The summed E-state index contributed by atoms with van der Waals surface area (Å²) >= 11 is 5.75. The largest absolute Gasteiger partial charge is 0.394 e. The molecule has 0 bridgehead atoms. The van der Waals surface area contributed by atoms with Crippen LogP contribution in [0.4, 0.5) is 11.5 Å². The third-order valence-corrected chi connectivity index (χ3v) is 2.34. The first kappa shape index (κ1) is 11.6. The number of nitrogens with two attached hydrogens (primary N) is 1. The van der Waals surface area contributed by atoms with Crippen LogP contribution in [0.25, 0.3) is 0 Å². The Morgan fingerprint density at radius 2 is 2.24 bits per heavy atom. The van der Waals surface area contributed by atoms with Crippen LogP contribution in [0.2, 0.25) is 5.28 Å². The predicted octanol–water partition coefficient (Wildman–Crippen LogP) is 0.761. The van der Waals surface area contributed by atoms with Crippen molar-refractivity contribution >= 4 is 23.1 Å². The number of halogens is 1. The molecule has 7 nitrogen and oxygen atoms in total. The molecule has 0 aromatic carbocycles. The van der Waals surface area contributed by atoms with Crippen molar-refractivity contribution in [2.75, 3.05) is 11.1 Å². The van der Waals surface area contributed by atoms with E-state index in [9.17, 15) is 0 Å². The Kier molecular flexibility index (Phi) is 3.10. The summed E-state index contributed by atoms with van der Waals surface area (Å²) in [6.45, 7) is 2.20. The van der Waals surface area contributed by atoms with Crippen molar-refractivity contribution < 1.29 is 0 Å². The number of anilines is 2. The van der Waals surface area contributed by atoms with E-state index < -0.39 is 0 Å². The zero-order valence-corrected chi connectivity index (χ0v) is 10.2. The summed E-state index contributed by atoms with van der Waals surface area (Å²) in [5.74, 6) is 1.15. The van der Waals surface area contributed by atoms with Crippen molar-refractivity contribution in [3.63, 3.8) is 0 Å². The molecule has 0 aliphatic rings. The number of hydrogen-bond acceptors (Lipinski definition) is 6. The molecule has 0 aliphatic heterocycles. The molecule has 0 unspecified atom stereocenters. The second-order valence-electron chi connectivity index (χ2n) is 3.53. The maximum atomic E-state index is 5.83. The quantitative estimate of drug-likeness (QED) is 0.785. The summed E-state index contributed by atoms with van der Waals surface area (Å²) in [6, 6.07) is 0. The normalized spacial score (nSPS) is 10.5. The van der Waals surface area contributed by atoms with Gasteiger partial charge in [-0.15, -0.1) is 0 Å². The Bertz CT molecular complexity index is 536. The highest BCUT2D eigenvalue weighted by Gasteiger charge is 2.08. The van der Waals surface area contributed by atoms with Crippen LogP contribution in [0.15, 0.2) is 6.33 Å². The van der Waals surface area contributed by atoms with Gasteiger partial charge in [0.15, 0.2) is 11.6 Å². The van der Waals surface area contributed by atoms with E-state index in [1.54, 1.807) is 25.0 Å². The van der Waals surface area contributed by atoms with Crippen molar-refractivity contribution in [3.8, 4) is 0 Å². The molecule has 0 saturated heterocycles. The van der Waals surface area contributed by atoms with Crippen molar-refractivity contribution in [3.05, 3.63) is 23.1 Å². The molecule has 2 rings (SSSR count). The summed E-state index contributed by atoms with van der Waals surface area (Å²) in [6.07, 6.45) is 1.62. The number of nitrogens with one attached hydrogen (secondary N) is 1. The second kappa shape index (κ2) is 4.54. The number of hydrogen-bond donors (Lipinski definition) is 2. The molecule has 3 N–H and O–H groups in total. The van der Waals surface area contributed by atoms with Gasteiger partial charge in [-0.25, -0.2) is 9.97 Å². The van der Waals surface area contributed by atoms with Gasteiger partial charge in [-0.3, -0.25) is 4.68 Å². The maximum absolute atomic E-state index is 5.83. The van der Waals surface area contributed by atoms with Crippen LogP contribution in [-0.4, -0.2) is 24.7 Å². The van der Waals surface area contributed by atoms with Gasteiger partial charge in [-0.05, 0) is 18.5 Å². The van der Waals surface area contributed by atoms with Crippen molar-refractivity contribution in [2.45, 2.75) is 13.5 Å². The second-order valence-corrected chi connectivity index (χ2v) is 3.87. The molecule has 90 valence electrons. The highest BCUT2D eigenvalue weighted by atomic mass is 35.5. The molecular formula is C9H12ClN7. The van der Waals surface area contributed by atoms with E-state index in [-0.39, 0.29) is 5.28 Å². The molecule has 2 aromatic heterocycles. The van der Waals surface area contributed by atoms with Gasteiger partial charge in [0.2, 0.25) is 5.28 Å². The molecule has 8 heteroatoms. The standard InChI is InChI=1S/C9H12ClN7/c1-5-7(11)8(15-9(10)14-5)12-3-6-13-4-17(2)16-6/h4H,3,11H2,1-2H3,(H,12,14,15). The van der Waals surface area contributed by atoms with Gasteiger partial charge in [-0.2, -0.15) is 10.1 Å². The lowest BCUT2D eigenvalue weighted by Crippen LogP contribution is -2.08. The van der Waals surface area contributed by atoms with Crippen LogP contribution in [0.1, 0.15) is 11.5 Å². The van der Waals surface area contributed by atoms with Gasteiger partial charge in [-0.1, -0.05) is 0 Å². The summed E-state index contributed by atoms with van der Waals surface area (Å²) < 4.78 is 1.62. The monoisotopic (exact) mass is 253 g/mol. The Morgan fingerprint density at radius 3 is 2.88 bits per heavy atom. The predicted molar refractivity (Wildman–Crippen MR) is 64.5 cm³/mol. The fourth-order valence-corrected chi connectivity index (χ4v) is 1.52. The number of aryl methyl sites for hydroxylation is 2. The van der Waals surface area contributed by atoms with Crippen LogP contribution in [0, 0.1) is 6.92 Å². The summed E-state index contributed by atoms with van der Waals surface area (Å²) in [5.41, 5.74) is 6.95. The van der Waals surface area contributed by atoms with Gasteiger partial charge in [0, 0.05) is 7.05 Å². The molecule has 2 heterocycles. The lowest BCUT2D eigenvalue weighted by atomic mass is 10.3. The zero-order valence-electron chi connectivity index (χ0n) is 9.48. The van der Waals surface area contributed by atoms with Crippen LogP contribution >= 0.6 is 11.6 Å². The molecule has 0 spiro atoms. The molecule has 0 fully saturated rings. The molecule has 0 saturated carbocycles. The van der Waals surface area contributed by atoms with Crippen LogP contribution in [0.5, 0.6) is 0 Å². The lowest BCUT2D eigenvalue weighted by molar-refractivity contribution is 0.747. The first-order valence-electron chi connectivity index (χ1n) is 4.94. The number of nitrogen functional groups attached to an aromatic ring is 1. The minimum Gasteiger partial charge on any atom is -0.394 e. The Balaban J connectivity index is 2.14. The third-order valence-electron chi connectivity index (χ3n) is 2.17. The highest BCUT2D eigenvalue weighted by molar-refractivity contribution is 6.28. The van der Waals surface area contributed by atoms with E-state index in [1.165, 1.54) is 0 Å². The van der Waals surface area contributed by atoms with Crippen molar-refractivity contribution in [1.29, 1.82) is 0 Å². The average molecular weight is 254 g/mol. The summed E-state index contributed by atoms with van der Waals surface area (Å²) in [5, 5.41) is 7.31. The fraction of sp³-hybridized carbons (Fsp3) is 0.333. The highest BCUT2D eigenvalue weighted by Crippen LogP contribution is 2.20. The third kappa shape index (κ3) is 2.62. The first-order chi connectivity index (χ1) is 8.06. The van der Waals surface area contributed by atoms with Gasteiger partial charge < -0.3 is 11.1 Å². The van der Waals surface area contributed by atoms with Crippen molar-refractivity contribution in [2.24, 2.45) is 7.05 Å². The summed E-state index contributed by atoms with van der Waals surface area (Å²) in [4.78, 5) is 12.0. The average Bonchev–Trinajstić information content (AvgIpc) is 2.67. The topological polar surface area (TPSA) is 94.5 Å². The zero-order chi connectivity index (χ0) is 12.4. The van der Waals surface area contributed by atoms with Crippen LogP contribution in [0.3, 0.4) is 0 Å². The van der Waals surface area contributed by atoms with E-state index in [1.807, 2.05) is 0 Å². The number of nitrogens with zero attached hydrogens (tertiary/aromatic N) is 5. The smallest absolute Gasteiger partial charge is 0.224 e. The lowest BCUT2D eigenvalue weighted by Gasteiger charge is -2.08.